The van der Waals surface area contributed by atoms with Crippen LogP contribution in [0.4, 0.5) is 18.0 Å². The fourth-order valence-electron chi connectivity index (χ4n) is 3.30. The van der Waals surface area contributed by atoms with Crippen LogP contribution in [0, 0.1) is 5.41 Å². The number of alkyl halides is 3. The average molecular weight is 551 g/mol. The Bertz CT molecular complexity index is 1330. The van der Waals surface area contributed by atoms with E-state index < -0.39 is 30.7 Å². The number of urea groups is 1. The van der Waals surface area contributed by atoms with E-state index in [-0.39, 0.29) is 35.6 Å². The fourth-order valence-corrected chi connectivity index (χ4v) is 3.42. The predicted molar refractivity (Wildman–Crippen MR) is 129 cm³/mol. The summed E-state index contributed by atoms with van der Waals surface area (Å²) < 4.78 is 40.3. The first-order chi connectivity index (χ1) is 18.0. The highest BCUT2D eigenvalue weighted by Crippen LogP contribution is 2.22. The molecule has 11 nitrogen and oxygen atoms in total. The SMILES string of the molecule is N=C(c1ccc(Cl)cc1)N(C[C@@H](O)C(F)(F)F)C(=O)NCc1ncn(-c2cccnc2C(=O)NC2CC2)n1. The number of amidine groups is 1. The Morgan fingerprint density at radius 3 is 2.58 bits per heavy atom. The topological polar surface area (TPSA) is 149 Å². The second-order valence-corrected chi connectivity index (χ2v) is 8.84. The van der Waals surface area contributed by atoms with Crippen LogP contribution in [0.1, 0.15) is 34.7 Å². The van der Waals surface area contributed by atoms with Gasteiger partial charge in [-0.25, -0.2) is 19.4 Å². The highest BCUT2D eigenvalue weighted by molar-refractivity contribution is 6.30. The number of hydrogen-bond donors (Lipinski definition) is 4. The number of rotatable bonds is 8. The van der Waals surface area contributed by atoms with E-state index in [0.29, 0.717) is 15.6 Å². The van der Waals surface area contributed by atoms with Crippen molar-refractivity contribution in [2.75, 3.05) is 6.54 Å². The smallest absolute Gasteiger partial charge is 0.382 e. The molecule has 0 saturated heterocycles. The van der Waals surface area contributed by atoms with Crippen LogP contribution in [0.2, 0.25) is 5.02 Å². The van der Waals surface area contributed by atoms with Gasteiger partial charge in [-0.05, 0) is 49.2 Å². The lowest BCUT2D eigenvalue weighted by atomic mass is 10.2. The van der Waals surface area contributed by atoms with Crippen molar-refractivity contribution in [1.82, 2.24) is 35.3 Å². The summed E-state index contributed by atoms with van der Waals surface area (Å²) >= 11 is 5.82. The summed E-state index contributed by atoms with van der Waals surface area (Å²) in [5.74, 6) is -0.874. The van der Waals surface area contributed by atoms with Gasteiger partial charge in [0, 0.05) is 22.8 Å². The van der Waals surface area contributed by atoms with Crippen molar-refractivity contribution in [3.8, 4) is 5.69 Å². The number of amides is 3. The summed E-state index contributed by atoms with van der Waals surface area (Å²) in [6.45, 7) is -1.53. The summed E-state index contributed by atoms with van der Waals surface area (Å²) in [6, 6.07) is 7.79. The Morgan fingerprint density at radius 2 is 1.92 bits per heavy atom. The molecule has 1 atom stereocenters. The largest absolute Gasteiger partial charge is 0.416 e. The molecule has 3 amide bonds. The maximum Gasteiger partial charge on any atom is 0.416 e. The third kappa shape index (κ3) is 6.63. The molecule has 4 N–H and O–H groups in total. The Balaban J connectivity index is 1.48. The zero-order valence-electron chi connectivity index (χ0n) is 19.6. The second kappa shape index (κ2) is 11.1. The minimum atomic E-state index is -5.01. The van der Waals surface area contributed by atoms with Gasteiger partial charge in [-0.3, -0.25) is 15.1 Å². The molecule has 3 aromatic rings. The molecule has 0 bridgehead atoms. The number of pyridine rings is 1. The van der Waals surface area contributed by atoms with E-state index in [1.165, 1.54) is 41.5 Å². The van der Waals surface area contributed by atoms with Crippen LogP contribution in [0.5, 0.6) is 0 Å². The predicted octanol–water partition coefficient (Wildman–Crippen LogP) is 2.67. The maximum absolute atomic E-state index is 13.0. The molecule has 15 heteroatoms. The maximum atomic E-state index is 13.0. The molecule has 0 radical (unpaired) electrons. The zero-order valence-corrected chi connectivity index (χ0v) is 20.4. The van der Waals surface area contributed by atoms with Crippen molar-refractivity contribution in [3.63, 3.8) is 0 Å². The molecule has 2 heterocycles. The summed E-state index contributed by atoms with van der Waals surface area (Å²) in [4.78, 5) is 34.0. The first kappa shape index (κ1) is 27.0. The van der Waals surface area contributed by atoms with E-state index in [1.54, 1.807) is 12.1 Å². The van der Waals surface area contributed by atoms with Crippen LogP contribution in [0.25, 0.3) is 5.69 Å². The molecule has 1 fully saturated rings. The monoisotopic (exact) mass is 550 g/mol. The van der Waals surface area contributed by atoms with Gasteiger partial charge in [-0.15, -0.1) is 5.10 Å². The van der Waals surface area contributed by atoms with Crippen molar-refractivity contribution in [1.29, 1.82) is 5.41 Å². The van der Waals surface area contributed by atoms with Crippen molar-refractivity contribution in [2.45, 2.75) is 37.7 Å². The van der Waals surface area contributed by atoms with Crippen molar-refractivity contribution < 1.29 is 27.9 Å². The minimum Gasteiger partial charge on any atom is -0.382 e. The summed E-state index contributed by atoms with van der Waals surface area (Å²) in [5, 5.41) is 27.6. The van der Waals surface area contributed by atoms with Gasteiger partial charge in [0.1, 0.15) is 12.2 Å². The van der Waals surface area contributed by atoms with Gasteiger partial charge >= 0.3 is 12.2 Å². The lowest BCUT2D eigenvalue weighted by Gasteiger charge is -2.26. The third-order valence-electron chi connectivity index (χ3n) is 5.46. The first-order valence-electron chi connectivity index (χ1n) is 11.3. The van der Waals surface area contributed by atoms with Crippen LogP contribution < -0.4 is 10.6 Å². The number of carbonyl (C=O) groups excluding carboxylic acids is 2. The molecule has 0 unspecified atom stereocenters. The Hall–Kier alpha value is -4.04. The Labute approximate surface area is 219 Å². The molecule has 1 aliphatic carbocycles. The number of aliphatic hydroxyl groups excluding tert-OH is 1. The molecule has 38 heavy (non-hydrogen) atoms. The number of nitrogens with one attached hydrogen (secondary N) is 3. The van der Waals surface area contributed by atoms with E-state index in [1.807, 2.05) is 0 Å². The molecule has 2 aromatic heterocycles. The van der Waals surface area contributed by atoms with Gasteiger partial charge in [0.25, 0.3) is 5.91 Å². The number of nitrogens with zero attached hydrogens (tertiary/aromatic N) is 5. The van der Waals surface area contributed by atoms with Crippen LogP contribution in [0.15, 0.2) is 48.9 Å². The molecule has 0 spiro atoms. The summed E-state index contributed by atoms with van der Waals surface area (Å²) in [7, 11) is 0. The van der Waals surface area contributed by atoms with E-state index in [4.69, 9.17) is 17.0 Å². The van der Waals surface area contributed by atoms with E-state index in [9.17, 15) is 27.9 Å². The van der Waals surface area contributed by atoms with Gasteiger partial charge in [0.2, 0.25) is 0 Å². The summed E-state index contributed by atoms with van der Waals surface area (Å²) in [5.41, 5.74) is 0.577. The Kier molecular flexibility index (Phi) is 7.92. The van der Waals surface area contributed by atoms with Gasteiger partial charge in [-0.2, -0.15) is 13.2 Å². The number of carbonyl (C=O) groups is 2. The third-order valence-corrected chi connectivity index (χ3v) is 5.72. The number of benzene rings is 1. The fraction of sp³-hybridized carbons (Fsp3) is 0.304. The Morgan fingerprint density at radius 1 is 1.21 bits per heavy atom. The van der Waals surface area contributed by atoms with Gasteiger partial charge in [0.05, 0.1) is 18.8 Å². The average Bonchev–Trinajstić information content (AvgIpc) is 3.57. The van der Waals surface area contributed by atoms with Gasteiger partial charge in [0.15, 0.2) is 17.6 Å². The van der Waals surface area contributed by atoms with Crippen molar-refractivity contribution in [2.24, 2.45) is 0 Å². The van der Waals surface area contributed by atoms with Crippen LogP contribution in [-0.4, -0.2) is 72.4 Å². The molecular formula is C23H22ClF3N8O3. The number of halogens is 4. The number of aromatic nitrogens is 4. The first-order valence-corrected chi connectivity index (χ1v) is 11.7. The number of aliphatic hydroxyl groups is 1. The highest BCUT2D eigenvalue weighted by Gasteiger charge is 2.41. The van der Waals surface area contributed by atoms with Crippen LogP contribution in [-0.2, 0) is 6.54 Å². The van der Waals surface area contributed by atoms with Crippen LogP contribution in [0.3, 0.4) is 0 Å². The molecule has 0 aliphatic heterocycles. The van der Waals surface area contributed by atoms with Gasteiger partial charge < -0.3 is 15.7 Å². The van der Waals surface area contributed by atoms with E-state index >= 15 is 0 Å². The van der Waals surface area contributed by atoms with Crippen molar-refractivity contribution >= 4 is 29.4 Å². The standard InChI is InChI=1S/C23H22ClF3N8O3/c24-14-5-3-13(4-6-14)20(28)34(11-17(36)23(25,26)27)22(38)30-10-18-31-12-35(33-18)16-2-1-9-29-19(16)21(37)32-15-7-8-15/h1-6,9,12,15,17,28,36H,7-8,10-11H2,(H,30,38)(H,32,37)/t17-/m1/s1. The quantitative estimate of drug-likeness (QED) is 0.250. The van der Waals surface area contributed by atoms with E-state index in [2.05, 4.69) is 25.7 Å². The molecular weight excluding hydrogens is 529 g/mol. The minimum absolute atomic E-state index is 0.0742. The lowest BCUT2D eigenvalue weighted by Crippen LogP contribution is -2.50. The lowest BCUT2D eigenvalue weighted by molar-refractivity contribution is -0.204. The molecule has 1 aliphatic rings. The normalized spacial score (nSPS) is 14.0. The second-order valence-electron chi connectivity index (χ2n) is 8.41. The summed E-state index contributed by atoms with van der Waals surface area (Å²) in [6.07, 6.45) is -3.34. The molecule has 1 aromatic carbocycles. The number of hydrogen-bond acceptors (Lipinski definition) is 7. The van der Waals surface area contributed by atoms with Gasteiger partial charge in [-0.1, -0.05) is 11.6 Å². The molecule has 4 rings (SSSR count). The molecule has 200 valence electrons. The van der Waals surface area contributed by atoms with Crippen LogP contribution >= 0.6 is 11.6 Å². The highest BCUT2D eigenvalue weighted by atomic mass is 35.5. The molecule has 1 saturated carbocycles. The zero-order chi connectivity index (χ0) is 27.4. The van der Waals surface area contributed by atoms with Crippen molar-refractivity contribution in [3.05, 3.63) is 71.0 Å². The van der Waals surface area contributed by atoms with E-state index in [0.717, 1.165) is 12.8 Å².